The zero-order valence-corrected chi connectivity index (χ0v) is 9.40. The first kappa shape index (κ1) is 10.7. The molecular formula is C8H16INO2. The van der Waals surface area contributed by atoms with Gasteiger partial charge in [0.1, 0.15) is 0 Å². The molecule has 2 unspecified atom stereocenters. The van der Waals surface area contributed by atoms with Crippen molar-refractivity contribution < 1.29 is 9.84 Å². The Morgan fingerprint density at radius 1 is 1.75 bits per heavy atom. The summed E-state index contributed by atoms with van der Waals surface area (Å²) in [4.78, 5) is 0. The monoisotopic (exact) mass is 285 g/mol. The molecule has 3 N–H and O–H groups in total. The van der Waals surface area contributed by atoms with Crippen LogP contribution in [0.4, 0.5) is 0 Å². The second-order valence-electron chi connectivity index (χ2n) is 3.39. The van der Waals surface area contributed by atoms with Gasteiger partial charge in [-0.1, -0.05) is 29.5 Å². The molecule has 4 heteroatoms. The van der Waals surface area contributed by atoms with E-state index in [0.717, 1.165) is 6.42 Å². The largest absolute Gasteiger partial charge is 0.395 e. The molecule has 1 saturated carbocycles. The van der Waals surface area contributed by atoms with Crippen LogP contribution in [0.2, 0.25) is 0 Å². The zero-order chi connectivity index (χ0) is 9.14. The summed E-state index contributed by atoms with van der Waals surface area (Å²) < 4.78 is 6.17. The van der Waals surface area contributed by atoms with Gasteiger partial charge in [0.05, 0.1) is 25.4 Å². The van der Waals surface area contributed by atoms with Crippen LogP contribution in [-0.2, 0) is 4.74 Å². The number of ether oxygens (including phenoxy) is 1. The molecule has 0 aromatic carbocycles. The Balaban J connectivity index is 2.04. The van der Waals surface area contributed by atoms with E-state index in [0.29, 0.717) is 22.6 Å². The Bertz CT molecular complexity index is 143. The normalized spacial score (nSPS) is 33.0. The van der Waals surface area contributed by atoms with E-state index in [1.807, 2.05) is 0 Å². The van der Waals surface area contributed by atoms with Crippen molar-refractivity contribution in [3.63, 3.8) is 0 Å². The van der Waals surface area contributed by atoms with Gasteiger partial charge in [-0.25, -0.2) is 0 Å². The highest BCUT2D eigenvalue weighted by molar-refractivity contribution is 14.1. The number of nitrogens with two attached hydrogens (primary N) is 1. The van der Waals surface area contributed by atoms with Gasteiger partial charge in [0, 0.05) is 3.92 Å². The molecule has 0 aromatic rings. The minimum absolute atomic E-state index is 0.0111. The first-order valence-corrected chi connectivity index (χ1v) is 5.51. The maximum Gasteiger partial charge on any atom is 0.0643 e. The van der Waals surface area contributed by atoms with Crippen molar-refractivity contribution in [2.75, 3.05) is 13.2 Å². The average Bonchev–Trinajstić information content (AvgIpc) is 2.79. The molecule has 0 bridgehead atoms. The number of aliphatic hydroxyl groups is 1. The molecule has 0 saturated heterocycles. The van der Waals surface area contributed by atoms with Crippen LogP contribution in [0.15, 0.2) is 0 Å². The van der Waals surface area contributed by atoms with Crippen LogP contribution < -0.4 is 5.73 Å². The number of hydrogen-bond donors (Lipinski definition) is 2. The predicted molar refractivity (Wildman–Crippen MR) is 56.4 cm³/mol. The molecule has 1 aliphatic carbocycles. The highest BCUT2D eigenvalue weighted by Gasteiger charge is 2.41. The third-order valence-corrected chi connectivity index (χ3v) is 3.05. The van der Waals surface area contributed by atoms with Gasteiger partial charge in [-0.15, -0.1) is 0 Å². The average molecular weight is 285 g/mol. The van der Waals surface area contributed by atoms with Crippen LogP contribution in [0.25, 0.3) is 0 Å². The van der Waals surface area contributed by atoms with Crippen molar-refractivity contribution in [2.45, 2.75) is 29.4 Å². The molecule has 0 heterocycles. The van der Waals surface area contributed by atoms with Gasteiger partial charge < -0.3 is 15.6 Å². The van der Waals surface area contributed by atoms with Gasteiger partial charge in [0.15, 0.2) is 0 Å². The Morgan fingerprint density at radius 3 is 2.83 bits per heavy atom. The smallest absolute Gasteiger partial charge is 0.0643 e. The molecule has 12 heavy (non-hydrogen) atoms. The molecule has 4 atom stereocenters. The highest BCUT2D eigenvalue weighted by atomic mass is 127. The third kappa shape index (κ3) is 3.16. The Labute approximate surface area is 86.8 Å². The van der Waals surface area contributed by atoms with Gasteiger partial charge in [0.2, 0.25) is 0 Å². The SMILES string of the molecule is CC(I)[C@H]1C[C@H]1OCC(N)CO. The lowest BCUT2D eigenvalue weighted by Gasteiger charge is -2.09. The van der Waals surface area contributed by atoms with E-state index in [9.17, 15) is 0 Å². The second kappa shape index (κ2) is 4.74. The van der Waals surface area contributed by atoms with E-state index in [4.69, 9.17) is 15.6 Å². The number of halogens is 1. The van der Waals surface area contributed by atoms with Crippen molar-refractivity contribution in [2.24, 2.45) is 11.7 Å². The fourth-order valence-corrected chi connectivity index (χ4v) is 1.92. The predicted octanol–water partition coefficient (Wildman–Crippen LogP) is 0.535. The van der Waals surface area contributed by atoms with E-state index in [1.54, 1.807) is 0 Å². The highest BCUT2D eigenvalue weighted by Crippen LogP contribution is 2.39. The van der Waals surface area contributed by atoms with Crippen molar-refractivity contribution in [1.29, 1.82) is 0 Å². The molecule has 0 spiro atoms. The number of alkyl halides is 1. The summed E-state index contributed by atoms with van der Waals surface area (Å²) >= 11 is 2.42. The summed E-state index contributed by atoms with van der Waals surface area (Å²) in [5.41, 5.74) is 5.49. The molecule has 0 amide bonds. The molecule has 0 radical (unpaired) electrons. The molecule has 1 aliphatic rings. The van der Waals surface area contributed by atoms with Crippen molar-refractivity contribution in [1.82, 2.24) is 0 Å². The molecule has 0 aliphatic heterocycles. The van der Waals surface area contributed by atoms with E-state index in [2.05, 4.69) is 29.5 Å². The van der Waals surface area contributed by atoms with Crippen molar-refractivity contribution >= 4 is 22.6 Å². The summed E-state index contributed by atoms with van der Waals surface area (Å²) in [6, 6.07) is -0.212. The fraction of sp³-hybridized carbons (Fsp3) is 1.00. The van der Waals surface area contributed by atoms with Crippen LogP contribution in [0.1, 0.15) is 13.3 Å². The first-order valence-electron chi connectivity index (χ1n) is 4.27. The third-order valence-electron chi connectivity index (χ3n) is 2.13. The van der Waals surface area contributed by atoms with Crippen LogP contribution in [0.3, 0.4) is 0 Å². The quantitative estimate of drug-likeness (QED) is 0.572. The molecule has 72 valence electrons. The van der Waals surface area contributed by atoms with Gasteiger partial charge >= 0.3 is 0 Å². The van der Waals surface area contributed by atoms with E-state index < -0.39 is 0 Å². The molecule has 0 aromatic heterocycles. The Hall–Kier alpha value is 0.610. The van der Waals surface area contributed by atoms with Crippen LogP contribution >= 0.6 is 22.6 Å². The topological polar surface area (TPSA) is 55.5 Å². The summed E-state index contributed by atoms with van der Waals surface area (Å²) in [6.07, 6.45) is 1.55. The maximum absolute atomic E-state index is 8.64. The van der Waals surface area contributed by atoms with E-state index in [-0.39, 0.29) is 12.6 Å². The Morgan fingerprint density at radius 2 is 2.42 bits per heavy atom. The lowest BCUT2D eigenvalue weighted by Crippen LogP contribution is -2.30. The van der Waals surface area contributed by atoms with Crippen molar-refractivity contribution in [3.05, 3.63) is 0 Å². The first-order chi connectivity index (χ1) is 5.65. The molecular weight excluding hydrogens is 269 g/mol. The summed E-state index contributed by atoms with van der Waals surface area (Å²) in [7, 11) is 0. The van der Waals surface area contributed by atoms with Crippen LogP contribution in [0.5, 0.6) is 0 Å². The molecule has 1 rings (SSSR count). The van der Waals surface area contributed by atoms with Crippen LogP contribution in [0, 0.1) is 5.92 Å². The maximum atomic E-state index is 8.64. The molecule has 1 fully saturated rings. The second-order valence-corrected chi connectivity index (χ2v) is 5.36. The van der Waals surface area contributed by atoms with Gasteiger partial charge in [-0.3, -0.25) is 0 Å². The van der Waals surface area contributed by atoms with Crippen LogP contribution in [-0.4, -0.2) is 34.4 Å². The standard InChI is InChI=1S/C8H16INO2/c1-5(9)7-2-8(7)12-4-6(10)3-11/h5-8,11H,2-4,10H2,1H3/t5?,6?,7-,8-/m1/s1. The zero-order valence-electron chi connectivity index (χ0n) is 7.24. The van der Waals surface area contributed by atoms with E-state index >= 15 is 0 Å². The lowest BCUT2D eigenvalue weighted by atomic mass is 10.3. The van der Waals surface area contributed by atoms with Gasteiger partial charge in [-0.2, -0.15) is 0 Å². The summed E-state index contributed by atoms with van der Waals surface area (Å²) in [5.74, 6) is 0.705. The van der Waals surface area contributed by atoms with E-state index in [1.165, 1.54) is 0 Å². The Kier molecular flexibility index (Phi) is 4.22. The minimum atomic E-state index is -0.212. The minimum Gasteiger partial charge on any atom is -0.395 e. The summed E-state index contributed by atoms with van der Waals surface area (Å²) in [5, 5.41) is 8.64. The fourth-order valence-electron chi connectivity index (χ4n) is 1.16. The number of hydrogen-bond acceptors (Lipinski definition) is 3. The van der Waals surface area contributed by atoms with Gasteiger partial charge in [-0.05, 0) is 12.3 Å². The molecule has 3 nitrogen and oxygen atoms in total. The number of rotatable bonds is 5. The van der Waals surface area contributed by atoms with Crippen molar-refractivity contribution in [3.8, 4) is 0 Å². The lowest BCUT2D eigenvalue weighted by molar-refractivity contribution is 0.0813. The van der Waals surface area contributed by atoms with Gasteiger partial charge in [0.25, 0.3) is 0 Å². The number of aliphatic hydroxyl groups excluding tert-OH is 1. The summed E-state index contributed by atoms with van der Waals surface area (Å²) in [6.45, 7) is 2.69.